The molecule has 0 atom stereocenters. The second kappa shape index (κ2) is 11.0. The van der Waals surface area contributed by atoms with E-state index in [9.17, 15) is 13.2 Å². The predicted octanol–water partition coefficient (Wildman–Crippen LogP) is 5.90. The normalized spacial score (nSPS) is 11.4. The van der Waals surface area contributed by atoms with Crippen LogP contribution in [0.1, 0.15) is 18.1 Å². The van der Waals surface area contributed by atoms with Crippen molar-refractivity contribution in [1.29, 1.82) is 0 Å². The molecule has 3 aromatic rings. The summed E-state index contributed by atoms with van der Waals surface area (Å²) in [5.74, 6) is 0.309. The van der Waals surface area contributed by atoms with Crippen molar-refractivity contribution in [3.63, 3.8) is 0 Å². The van der Waals surface area contributed by atoms with Gasteiger partial charge in [-0.15, -0.1) is 11.8 Å². The lowest BCUT2D eigenvalue weighted by Gasteiger charge is -2.05. The van der Waals surface area contributed by atoms with Crippen molar-refractivity contribution in [2.45, 2.75) is 21.6 Å². The summed E-state index contributed by atoms with van der Waals surface area (Å²) >= 11 is 1.61. The molecule has 164 valence electrons. The van der Waals surface area contributed by atoms with Crippen molar-refractivity contribution in [2.75, 3.05) is 12.4 Å². The summed E-state index contributed by atoms with van der Waals surface area (Å²) in [5, 5.41) is 0. The van der Waals surface area contributed by atoms with E-state index >= 15 is 0 Å². The molecule has 0 bridgehead atoms. The zero-order chi connectivity index (χ0) is 23.0. The van der Waals surface area contributed by atoms with Crippen LogP contribution in [-0.4, -0.2) is 26.7 Å². The third-order valence-electron chi connectivity index (χ3n) is 4.53. The molecule has 0 fully saturated rings. The standard InChI is InChI=1S/C26H24O4S2/c1-20(2)26(27)30-18-19-31-23-14-10-21(11-15-23)8-9-22-12-16-25(17-13-22)32(28,29)24-6-4-3-5-7-24/h3-17H,1,18-19H2,2H3/b9-8+. The number of esters is 1. The number of hydrogen-bond donors (Lipinski definition) is 0. The lowest BCUT2D eigenvalue weighted by Crippen LogP contribution is -2.07. The number of sulfone groups is 1. The Kier molecular flexibility index (Phi) is 8.09. The lowest BCUT2D eigenvalue weighted by atomic mass is 10.1. The van der Waals surface area contributed by atoms with Crippen molar-refractivity contribution in [1.82, 2.24) is 0 Å². The number of hydrogen-bond acceptors (Lipinski definition) is 5. The molecule has 0 unspecified atom stereocenters. The lowest BCUT2D eigenvalue weighted by molar-refractivity contribution is -0.138. The summed E-state index contributed by atoms with van der Waals surface area (Å²) < 4.78 is 30.4. The quantitative estimate of drug-likeness (QED) is 0.130. The monoisotopic (exact) mass is 464 g/mol. The minimum Gasteiger partial charge on any atom is -0.461 e. The van der Waals surface area contributed by atoms with Crippen molar-refractivity contribution >= 4 is 39.7 Å². The minimum atomic E-state index is -3.50. The number of carbonyl (C=O) groups is 1. The Morgan fingerprint density at radius 1 is 0.875 bits per heavy atom. The Hall–Kier alpha value is -3.09. The van der Waals surface area contributed by atoms with Crippen LogP contribution < -0.4 is 0 Å². The largest absolute Gasteiger partial charge is 0.461 e. The van der Waals surface area contributed by atoms with Crippen LogP contribution in [0.25, 0.3) is 12.2 Å². The highest BCUT2D eigenvalue weighted by molar-refractivity contribution is 7.99. The Balaban J connectivity index is 1.56. The first-order valence-electron chi connectivity index (χ1n) is 10.00. The zero-order valence-electron chi connectivity index (χ0n) is 17.7. The minimum absolute atomic E-state index is 0.274. The maximum Gasteiger partial charge on any atom is 0.333 e. The van der Waals surface area contributed by atoms with Crippen molar-refractivity contribution in [3.8, 4) is 0 Å². The Morgan fingerprint density at radius 2 is 1.41 bits per heavy atom. The van der Waals surface area contributed by atoms with Crippen LogP contribution in [0.4, 0.5) is 0 Å². The summed E-state index contributed by atoms with van der Waals surface area (Å²) in [6, 6.07) is 23.3. The summed E-state index contributed by atoms with van der Waals surface area (Å²) in [6.07, 6.45) is 3.92. The highest BCUT2D eigenvalue weighted by Gasteiger charge is 2.16. The van der Waals surface area contributed by atoms with Gasteiger partial charge in [0.1, 0.15) is 6.61 Å². The van der Waals surface area contributed by atoms with Crippen LogP contribution >= 0.6 is 11.8 Å². The number of benzene rings is 3. The Bertz CT molecular complexity index is 1190. The highest BCUT2D eigenvalue weighted by Crippen LogP contribution is 2.22. The molecule has 0 aliphatic rings. The smallest absolute Gasteiger partial charge is 0.333 e. The van der Waals surface area contributed by atoms with Crippen LogP contribution in [0.3, 0.4) is 0 Å². The SMILES string of the molecule is C=C(C)C(=O)OCCSc1ccc(/C=C/c2ccc(S(=O)(=O)c3ccccc3)cc2)cc1. The molecule has 6 heteroatoms. The molecule has 0 amide bonds. The van der Waals surface area contributed by atoms with Gasteiger partial charge in [-0.2, -0.15) is 0 Å². The summed E-state index contributed by atoms with van der Waals surface area (Å²) in [4.78, 5) is 13.0. The van der Waals surface area contributed by atoms with E-state index in [1.807, 2.05) is 36.4 Å². The molecule has 0 saturated carbocycles. The van der Waals surface area contributed by atoms with Gasteiger partial charge in [-0.3, -0.25) is 0 Å². The number of rotatable bonds is 9. The number of ether oxygens (including phenoxy) is 1. The van der Waals surface area contributed by atoms with Gasteiger partial charge in [0.2, 0.25) is 9.84 Å². The van der Waals surface area contributed by atoms with Gasteiger partial charge >= 0.3 is 5.97 Å². The van der Waals surface area contributed by atoms with Gasteiger partial charge in [0.05, 0.1) is 9.79 Å². The second-order valence-electron chi connectivity index (χ2n) is 7.05. The van der Waals surface area contributed by atoms with Crippen LogP contribution in [0.2, 0.25) is 0 Å². The van der Waals surface area contributed by atoms with Crippen LogP contribution in [-0.2, 0) is 19.4 Å². The van der Waals surface area contributed by atoms with E-state index < -0.39 is 9.84 Å². The molecular weight excluding hydrogens is 440 g/mol. The molecule has 0 aliphatic carbocycles. The van der Waals surface area contributed by atoms with Crippen LogP contribution in [0, 0.1) is 0 Å². The Morgan fingerprint density at radius 3 is 1.97 bits per heavy atom. The van der Waals surface area contributed by atoms with Gasteiger partial charge in [-0.05, 0) is 54.4 Å². The van der Waals surface area contributed by atoms with E-state index in [0.717, 1.165) is 16.0 Å². The van der Waals surface area contributed by atoms with Gasteiger partial charge in [-0.25, -0.2) is 13.2 Å². The average Bonchev–Trinajstić information content (AvgIpc) is 2.82. The fourth-order valence-corrected chi connectivity index (χ4v) is 4.79. The Labute approximate surface area is 193 Å². The van der Waals surface area contributed by atoms with Crippen LogP contribution in [0.5, 0.6) is 0 Å². The summed E-state index contributed by atoms with van der Waals surface area (Å²) in [6.45, 7) is 5.52. The third kappa shape index (κ3) is 6.45. The predicted molar refractivity (Wildman–Crippen MR) is 130 cm³/mol. The van der Waals surface area contributed by atoms with Gasteiger partial charge in [-0.1, -0.05) is 61.2 Å². The average molecular weight is 465 g/mol. The van der Waals surface area contributed by atoms with Gasteiger partial charge in [0.15, 0.2) is 0 Å². The number of thioether (sulfide) groups is 1. The maximum absolute atomic E-state index is 12.7. The van der Waals surface area contributed by atoms with Gasteiger partial charge < -0.3 is 4.74 Å². The number of carbonyl (C=O) groups excluding carboxylic acids is 1. The molecular formula is C26H24O4S2. The zero-order valence-corrected chi connectivity index (χ0v) is 19.4. The molecule has 0 spiro atoms. The van der Waals surface area contributed by atoms with E-state index in [1.165, 1.54) is 0 Å². The first-order chi connectivity index (χ1) is 15.4. The first-order valence-corrected chi connectivity index (χ1v) is 12.5. The molecule has 4 nitrogen and oxygen atoms in total. The fraction of sp³-hybridized carbons (Fsp3) is 0.115. The molecule has 0 heterocycles. The molecule has 0 N–H and O–H groups in total. The molecule has 0 aliphatic heterocycles. The molecule has 3 aromatic carbocycles. The molecule has 32 heavy (non-hydrogen) atoms. The fourth-order valence-electron chi connectivity index (χ4n) is 2.78. The van der Waals surface area contributed by atoms with E-state index in [4.69, 9.17) is 4.74 Å². The molecule has 3 rings (SSSR count). The van der Waals surface area contributed by atoms with E-state index in [2.05, 4.69) is 6.58 Å². The second-order valence-corrected chi connectivity index (χ2v) is 10.2. The van der Waals surface area contributed by atoms with Crippen molar-refractivity contribution < 1.29 is 17.9 Å². The van der Waals surface area contributed by atoms with Gasteiger partial charge in [0, 0.05) is 16.2 Å². The van der Waals surface area contributed by atoms with Gasteiger partial charge in [0.25, 0.3) is 0 Å². The summed E-state index contributed by atoms with van der Waals surface area (Å²) in [5.41, 5.74) is 2.34. The highest BCUT2D eigenvalue weighted by atomic mass is 32.2. The first kappa shape index (κ1) is 23.6. The maximum atomic E-state index is 12.7. The van der Waals surface area contributed by atoms with E-state index in [0.29, 0.717) is 17.9 Å². The molecule has 0 radical (unpaired) electrons. The van der Waals surface area contributed by atoms with Crippen LogP contribution in [0.15, 0.2) is 106 Å². The van der Waals surface area contributed by atoms with Crippen molar-refractivity contribution in [3.05, 3.63) is 102 Å². The van der Waals surface area contributed by atoms with E-state index in [-0.39, 0.29) is 15.8 Å². The van der Waals surface area contributed by atoms with E-state index in [1.54, 1.807) is 73.3 Å². The summed E-state index contributed by atoms with van der Waals surface area (Å²) in [7, 11) is -3.50. The van der Waals surface area contributed by atoms with Crippen molar-refractivity contribution in [2.24, 2.45) is 0 Å². The topological polar surface area (TPSA) is 60.4 Å². The third-order valence-corrected chi connectivity index (χ3v) is 7.29. The molecule has 0 aromatic heterocycles. The molecule has 0 saturated heterocycles.